The predicted molar refractivity (Wildman–Crippen MR) is 90.7 cm³/mol. The zero-order valence-corrected chi connectivity index (χ0v) is 13.3. The minimum absolute atomic E-state index is 0.784. The van der Waals surface area contributed by atoms with Crippen LogP contribution in [0.2, 0.25) is 0 Å². The monoisotopic (exact) mass is 282 g/mol. The molecule has 0 amide bonds. The lowest BCUT2D eigenvalue weighted by molar-refractivity contribution is 0.202. The van der Waals surface area contributed by atoms with Crippen LogP contribution in [0.25, 0.3) is 11.1 Å². The fourth-order valence-corrected chi connectivity index (χ4v) is 2.53. The van der Waals surface area contributed by atoms with E-state index in [1.807, 2.05) is 0 Å². The number of hydrogen-bond donors (Lipinski definition) is 0. The normalized spacial score (nSPS) is 10.8. The fraction of sp³-hybridized carbons (Fsp3) is 0.400. The van der Waals surface area contributed by atoms with Gasteiger partial charge in [0.15, 0.2) is 0 Å². The highest BCUT2D eigenvalue weighted by Gasteiger charge is 1.99. The molecule has 0 N–H and O–H groups in total. The van der Waals surface area contributed by atoms with Crippen molar-refractivity contribution in [3.05, 3.63) is 59.7 Å². The van der Waals surface area contributed by atoms with E-state index in [0.717, 1.165) is 13.0 Å². The molecule has 2 aromatic rings. The zero-order valence-electron chi connectivity index (χ0n) is 13.3. The van der Waals surface area contributed by atoms with Gasteiger partial charge in [0.2, 0.25) is 0 Å². The largest absolute Gasteiger partial charge is 0.384 e. The standard InChI is InChI=1S/C20H26O/c1-3-4-5-6-17-7-11-19(12-8-17)20-13-9-18(10-14-20)15-16-21-2/h7-14H,3-6,15-16H2,1-2H3. The molecule has 0 aromatic heterocycles. The SMILES string of the molecule is CCCCCc1ccc(-c2ccc(CCOC)cc2)cc1. The molecule has 1 nitrogen and oxygen atoms in total. The van der Waals surface area contributed by atoms with Crippen LogP contribution in [0.5, 0.6) is 0 Å². The third kappa shape index (κ3) is 5.02. The van der Waals surface area contributed by atoms with Crippen LogP contribution in [0.15, 0.2) is 48.5 Å². The minimum atomic E-state index is 0.784. The summed E-state index contributed by atoms with van der Waals surface area (Å²) in [4.78, 5) is 0. The first kappa shape index (κ1) is 15.8. The second kappa shape index (κ2) is 8.63. The Morgan fingerprint density at radius 3 is 1.71 bits per heavy atom. The summed E-state index contributed by atoms with van der Waals surface area (Å²) in [5.74, 6) is 0. The lowest BCUT2D eigenvalue weighted by Gasteiger charge is -2.06. The topological polar surface area (TPSA) is 9.23 Å². The van der Waals surface area contributed by atoms with Gasteiger partial charge in [0.05, 0.1) is 6.61 Å². The number of methoxy groups -OCH3 is 1. The van der Waals surface area contributed by atoms with Crippen molar-refractivity contribution < 1.29 is 4.74 Å². The van der Waals surface area contributed by atoms with E-state index in [0.29, 0.717) is 0 Å². The van der Waals surface area contributed by atoms with E-state index >= 15 is 0 Å². The highest BCUT2D eigenvalue weighted by atomic mass is 16.5. The number of hydrogen-bond acceptors (Lipinski definition) is 1. The third-order valence-corrected chi connectivity index (χ3v) is 3.91. The first-order valence-electron chi connectivity index (χ1n) is 8.00. The van der Waals surface area contributed by atoms with Gasteiger partial charge in [-0.05, 0) is 41.5 Å². The maximum absolute atomic E-state index is 5.11. The smallest absolute Gasteiger partial charge is 0.0502 e. The van der Waals surface area contributed by atoms with Gasteiger partial charge in [0, 0.05) is 7.11 Å². The van der Waals surface area contributed by atoms with Crippen molar-refractivity contribution in [2.75, 3.05) is 13.7 Å². The van der Waals surface area contributed by atoms with Crippen LogP contribution in [-0.4, -0.2) is 13.7 Å². The summed E-state index contributed by atoms with van der Waals surface area (Å²) in [5.41, 5.74) is 5.37. The molecular formula is C20H26O. The van der Waals surface area contributed by atoms with Gasteiger partial charge in [0.1, 0.15) is 0 Å². The van der Waals surface area contributed by atoms with Crippen molar-refractivity contribution in [3.63, 3.8) is 0 Å². The van der Waals surface area contributed by atoms with Crippen LogP contribution >= 0.6 is 0 Å². The molecule has 0 fully saturated rings. The Bertz CT molecular complexity index is 511. The van der Waals surface area contributed by atoms with Crippen molar-refractivity contribution in [2.45, 2.75) is 39.0 Å². The van der Waals surface area contributed by atoms with Crippen molar-refractivity contribution in [1.82, 2.24) is 0 Å². The number of rotatable bonds is 8. The summed E-state index contributed by atoms with van der Waals surface area (Å²) in [6.07, 6.45) is 6.08. The van der Waals surface area contributed by atoms with E-state index < -0.39 is 0 Å². The lowest BCUT2D eigenvalue weighted by Crippen LogP contribution is -1.93. The molecule has 1 heteroatoms. The van der Waals surface area contributed by atoms with Crippen molar-refractivity contribution in [2.24, 2.45) is 0 Å². The van der Waals surface area contributed by atoms with Crippen LogP contribution in [0.1, 0.15) is 37.3 Å². The van der Waals surface area contributed by atoms with Gasteiger partial charge in [-0.25, -0.2) is 0 Å². The van der Waals surface area contributed by atoms with E-state index in [-0.39, 0.29) is 0 Å². The Hall–Kier alpha value is -1.60. The maximum atomic E-state index is 5.11. The molecule has 0 bridgehead atoms. The molecule has 0 unspecified atom stereocenters. The molecule has 0 saturated heterocycles. The fourth-order valence-electron chi connectivity index (χ4n) is 2.53. The third-order valence-electron chi connectivity index (χ3n) is 3.91. The molecule has 0 atom stereocenters. The number of benzene rings is 2. The number of unbranched alkanes of at least 4 members (excludes halogenated alkanes) is 2. The Labute approximate surface area is 129 Å². The summed E-state index contributed by atoms with van der Waals surface area (Å²) in [6.45, 7) is 3.03. The van der Waals surface area contributed by atoms with Gasteiger partial charge in [0.25, 0.3) is 0 Å². The summed E-state index contributed by atoms with van der Waals surface area (Å²) in [6, 6.07) is 17.8. The molecule has 0 aliphatic rings. The van der Waals surface area contributed by atoms with Crippen LogP contribution in [0.4, 0.5) is 0 Å². The molecule has 2 rings (SSSR count). The number of aryl methyl sites for hydroxylation is 1. The second-order valence-electron chi connectivity index (χ2n) is 5.59. The van der Waals surface area contributed by atoms with E-state index in [1.54, 1.807) is 7.11 Å². The summed E-state index contributed by atoms with van der Waals surface area (Å²) in [7, 11) is 1.75. The quantitative estimate of drug-likeness (QED) is 0.599. The Morgan fingerprint density at radius 2 is 1.24 bits per heavy atom. The maximum Gasteiger partial charge on any atom is 0.0502 e. The molecule has 0 aliphatic heterocycles. The van der Waals surface area contributed by atoms with Crippen molar-refractivity contribution in [1.29, 1.82) is 0 Å². The Kier molecular flexibility index (Phi) is 6.49. The van der Waals surface area contributed by atoms with Crippen molar-refractivity contribution >= 4 is 0 Å². The van der Waals surface area contributed by atoms with Crippen LogP contribution < -0.4 is 0 Å². The van der Waals surface area contributed by atoms with Gasteiger partial charge < -0.3 is 4.74 Å². The molecule has 112 valence electrons. The molecular weight excluding hydrogens is 256 g/mol. The van der Waals surface area contributed by atoms with E-state index in [2.05, 4.69) is 55.5 Å². The molecule has 0 aliphatic carbocycles. The van der Waals surface area contributed by atoms with Gasteiger partial charge in [-0.15, -0.1) is 0 Å². The van der Waals surface area contributed by atoms with Crippen LogP contribution in [0, 0.1) is 0 Å². The first-order chi connectivity index (χ1) is 10.3. The van der Waals surface area contributed by atoms with Gasteiger partial charge in [-0.3, -0.25) is 0 Å². The number of ether oxygens (including phenoxy) is 1. The van der Waals surface area contributed by atoms with Gasteiger partial charge in [-0.1, -0.05) is 68.3 Å². The average molecular weight is 282 g/mol. The van der Waals surface area contributed by atoms with Crippen LogP contribution in [0.3, 0.4) is 0 Å². The molecule has 0 radical (unpaired) electrons. The zero-order chi connectivity index (χ0) is 14.9. The predicted octanol–water partition coefficient (Wildman–Crippen LogP) is 5.28. The summed E-state index contributed by atoms with van der Waals surface area (Å²) >= 11 is 0. The Morgan fingerprint density at radius 1 is 0.714 bits per heavy atom. The minimum Gasteiger partial charge on any atom is -0.384 e. The highest BCUT2D eigenvalue weighted by molar-refractivity contribution is 5.63. The van der Waals surface area contributed by atoms with E-state index in [1.165, 1.54) is 47.9 Å². The first-order valence-corrected chi connectivity index (χ1v) is 8.00. The molecule has 0 heterocycles. The summed E-state index contributed by atoms with van der Waals surface area (Å²) in [5, 5.41) is 0. The second-order valence-corrected chi connectivity index (χ2v) is 5.59. The molecule has 2 aromatic carbocycles. The average Bonchev–Trinajstić information content (AvgIpc) is 2.54. The lowest BCUT2D eigenvalue weighted by atomic mass is 10.00. The molecule has 21 heavy (non-hydrogen) atoms. The van der Waals surface area contributed by atoms with Crippen LogP contribution in [-0.2, 0) is 17.6 Å². The van der Waals surface area contributed by atoms with Crippen molar-refractivity contribution in [3.8, 4) is 11.1 Å². The molecule has 0 saturated carbocycles. The summed E-state index contributed by atoms with van der Waals surface area (Å²) < 4.78 is 5.11. The Balaban J connectivity index is 1.97. The van der Waals surface area contributed by atoms with E-state index in [9.17, 15) is 0 Å². The van der Waals surface area contributed by atoms with Gasteiger partial charge >= 0.3 is 0 Å². The highest BCUT2D eigenvalue weighted by Crippen LogP contribution is 2.21. The van der Waals surface area contributed by atoms with E-state index in [4.69, 9.17) is 4.74 Å². The van der Waals surface area contributed by atoms with Gasteiger partial charge in [-0.2, -0.15) is 0 Å². The molecule has 0 spiro atoms.